The number of aromatic nitrogens is 4. The molecular weight excluding hydrogens is 554 g/mol. The quantitative estimate of drug-likeness (QED) is 0.280. The Labute approximate surface area is 248 Å². The lowest BCUT2D eigenvalue weighted by atomic mass is 9.88. The number of hydrogen-bond acceptors (Lipinski definition) is 8. The molecule has 2 aromatic carbocycles. The lowest BCUT2D eigenvalue weighted by molar-refractivity contribution is -0.141. The smallest absolute Gasteiger partial charge is 0.325 e. The predicted molar refractivity (Wildman–Crippen MR) is 158 cm³/mol. The zero-order valence-electron chi connectivity index (χ0n) is 24.7. The highest BCUT2D eigenvalue weighted by Crippen LogP contribution is 2.42. The van der Waals surface area contributed by atoms with Crippen LogP contribution in [0.1, 0.15) is 31.4 Å². The second kappa shape index (κ2) is 12.5. The number of amides is 3. The molecule has 226 valence electrons. The molecule has 5 rings (SSSR count). The number of methoxy groups -OCH3 is 2. The Kier molecular flexibility index (Phi) is 8.60. The molecule has 3 amide bonds. The predicted octanol–water partition coefficient (Wildman–Crippen LogP) is 1.73. The van der Waals surface area contributed by atoms with Crippen molar-refractivity contribution in [3.8, 4) is 16.9 Å². The number of esters is 1. The molecule has 2 N–H and O–H groups in total. The summed E-state index contributed by atoms with van der Waals surface area (Å²) in [5, 5.41) is 16.2. The van der Waals surface area contributed by atoms with Crippen molar-refractivity contribution in [2.45, 2.75) is 32.2 Å². The van der Waals surface area contributed by atoms with E-state index in [0.29, 0.717) is 18.8 Å². The van der Waals surface area contributed by atoms with Gasteiger partial charge in [0.2, 0.25) is 17.7 Å². The van der Waals surface area contributed by atoms with E-state index in [4.69, 9.17) is 9.84 Å². The molecule has 0 radical (unpaired) electrons. The monoisotopic (exact) mass is 589 g/mol. The van der Waals surface area contributed by atoms with Crippen LogP contribution in [0.25, 0.3) is 32.9 Å². The third-order valence-corrected chi connectivity index (χ3v) is 7.89. The van der Waals surface area contributed by atoms with Crippen LogP contribution >= 0.6 is 0 Å². The Balaban J connectivity index is 1.51. The summed E-state index contributed by atoms with van der Waals surface area (Å²) in [5.41, 5.74) is 4.35. The maximum absolute atomic E-state index is 13.0. The second-order valence-corrected chi connectivity index (χ2v) is 10.5. The van der Waals surface area contributed by atoms with Crippen LogP contribution in [0.3, 0.4) is 0 Å². The Morgan fingerprint density at radius 3 is 2.42 bits per heavy atom. The highest BCUT2D eigenvalue weighted by atomic mass is 16.5. The maximum Gasteiger partial charge on any atom is 0.325 e. The summed E-state index contributed by atoms with van der Waals surface area (Å²) < 4.78 is 13.8. The lowest BCUT2D eigenvalue weighted by Crippen LogP contribution is -2.40. The molecule has 0 unspecified atom stereocenters. The maximum atomic E-state index is 13.0. The van der Waals surface area contributed by atoms with Crippen molar-refractivity contribution in [2.24, 2.45) is 7.05 Å². The van der Waals surface area contributed by atoms with E-state index in [2.05, 4.69) is 26.5 Å². The number of rotatable bonds is 9. The van der Waals surface area contributed by atoms with E-state index in [9.17, 15) is 19.2 Å². The van der Waals surface area contributed by atoms with Gasteiger partial charge in [0, 0.05) is 49.3 Å². The Morgan fingerprint density at radius 2 is 1.72 bits per heavy atom. The molecule has 0 saturated carbocycles. The molecule has 1 fully saturated rings. The zero-order valence-corrected chi connectivity index (χ0v) is 24.7. The normalized spacial score (nSPS) is 13.7. The van der Waals surface area contributed by atoms with Gasteiger partial charge in [-0.05, 0) is 36.6 Å². The van der Waals surface area contributed by atoms with Gasteiger partial charge in [0.15, 0.2) is 0 Å². The number of ether oxygens (including phenoxy) is 2. The van der Waals surface area contributed by atoms with Crippen LogP contribution in [-0.4, -0.2) is 88.6 Å². The lowest BCUT2D eigenvalue weighted by Gasteiger charge is -2.30. The van der Waals surface area contributed by atoms with Crippen molar-refractivity contribution in [1.82, 2.24) is 35.1 Å². The van der Waals surface area contributed by atoms with Crippen LogP contribution in [0, 0.1) is 0 Å². The standard InChI is InChI=1S/C30H35N7O6/c1-18(38)36-10-8-19(9-11-36)30-29-21(22-13-24-20(12-25(22)42-3)14-33-35(24)2)6-5-7-23(29)37(34-30)17-27(40)31-15-26(39)32-16-28(41)43-4/h5-7,12-14,19H,8-11,15-17H2,1-4H3,(H,31,40)(H,32,39). The number of benzene rings is 2. The van der Waals surface area contributed by atoms with Gasteiger partial charge in [-0.15, -0.1) is 0 Å². The average Bonchev–Trinajstić information content (AvgIpc) is 3.57. The third kappa shape index (κ3) is 6.15. The van der Waals surface area contributed by atoms with Gasteiger partial charge >= 0.3 is 5.97 Å². The number of piperidine rings is 1. The molecule has 4 aromatic rings. The number of carbonyl (C=O) groups is 4. The summed E-state index contributed by atoms with van der Waals surface area (Å²) in [5.74, 6) is -0.694. The first-order valence-corrected chi connectivity index (χ1v) is 14.1. The number of nitrogens with zero attached hydrogens (tertiary/aromatic N) is 5. The van der Waals surface area contributed by atoms with Crippen LogP contribution in [0.4, 0.5) is 0 Å². The Morgan fingerprint density at radius 1 is 0.977 bits per heavy atom. The number of fused-ring (bicyclic) bond motifs is 2. The van der Waals surface area contributed by atoms with Gasteiger partial charge < -0.3 is 25.0 Å². The van der Waals surface area contributed by atoms with E-state index < -0.39 is 17.8 Å². The summed E-state index contributed by atoms with van der Waals surface area (Å²) in [4.78, 5) is 50.1. The van der Waals surface area contributed by atoms with Crippen molar-refractivity contribution in [2.75, 3.05) is 40.4 Å². The Bertz CT molecular complexity index is 1700. The molecule has 0 bridgehead atoms. The average molecular weight is 590 g/mol. The van der Waals surface area contributed by atoms with E-state index in [-0.39, 0.29) is 31.5 Å². The molecule has 43 heavy (non-hydrogen) atoms. The third-order valence-electron chi connectivity index (χ3n) is 7.89. The first-order chi connectivity index (χ1) is 20.7. The molecule has 0 spiro atoms. The minimum Gasteiger partial charge on any atom is -0.496 e. The van der Waals surface area contributed by atoms with Crippen LogP contribution in [-0.2, 0) is 37.5 Å². The molecule has 2 aromatic heterocycles. The number of nitrogens with one attached hydrogen (secondary N) is 2. The van der Waals surface area contributed by atoms with Crippen LogP contribution in [0.2, 0.25) is 0 Å². The SMILES string of the molecule is COC(=O)CNC(=O)CNC(=O)Cn1nc(C2CCN(C(C)=O)CC2)c2c(-c3cc4c(cnn4C)cc3OC)cccc21. The van der Waals surface area contributed by atoms with Gasteiger partial charge in [0.1, 0.15) is 18.8 Å². The molecule has 0 atom stereocenters. The summed E-state index contributed by atoms with van der Waals surface area (Å²) in [7, 11) is 4.75. The summed E-state index contributed by atoms with van der Waals surface area (Å²) in [6.45, 7) is 2.15. The molecule has 13 nitrogen and oxygen atoms in total. The van der Waals surface area contributed by atoms with Crippen molar-refractivity contribution in [3.63, 3.8) is 0 Å². The number of hydrogen-bond donors (Lipinski definition) is 2. The highest BCUT2D eigenvalue weighted by Gasteiger charge is 2.28. The van der Waals surface area contributed by atoms with Gasteiger partial charge in [-0.2, -0.15) is 10.2 Å². The minimum absolute atomic E-state index is 0.0519. The van der Waals surface area contributed by atoms with Gasteiger partial charge in [0.25, 0.3) is 0 Å². The number of carbonyl (C=O) groups excluding carboxylic acids is 4. The summed E-state index contributed by atoms with van der Waals surface area (Å²) in [6.07, 6.45) is 3.28. The molecule has 3 heterocycles. The van der Waals surface area contributed by atoms with E-state index in [1.54, 1.807) is 24.9 Å². The van der Waals surface area contributed by atoms with Crippen molar-refractivity contribution < 1.29 is 28.7 Å². The van der Waals surface area contributed by atoms with Crippen LogP contribution < -0.4 is 15.4 Å². The Hall–Kier alpha value is -4.94. The highest BCUT2D eigenvalue weighted by molar-refractivity contribution is 6.01. The van der Waals surface area contributed by atoms with E-state index in [1.807, 2.05) is 40.9 Å². The molecule has 1 aliphatic rings. The largest absolute Gasteiger partial charge is 0.496 e. The fraction of sp³-hybridized carbons (Fsp3) is 0.400. The van der Waals surface area contributed by atoms with E-state index in [1.165, 1.54) is 7.11 Å². The van der Waals surface area contributed by atoms with Crippen molar-refractivity contribution in [1.29, 1.82) is 0 Å². The molecule has 0 aliphatic carbocycles. The van der Waals surface area contributed by atoms with Crippen molar-refractivity contribution in [3.05, 3.63) is 42.2 Å². The molecule has 13 heteroatoms. The van der Waals surface area contributed by atoms with Crippen LogP contribution in [0.5, 0.6) is 5.75 Å². The molecule has 1 aliphatic heterocycles. The van der Waals surface area contributed by atoms with Crippen LogP contribution in [0.15, 0.2) is 36.5 Å². The minimum atomic E-state index is -0.584. The second-order valence-electron chi connectivity index (χ2n) is 10.5. The zero-order chi connectivity index (χ0) is 30.7. The molecular formula is C30H35N7O6. The van der Waals surface area contributed by atoms with Gasteiger partial charge in [0.05, 0.1) is 43.7 Å². The van der Waals surface area contributed by atoms with Gasteiger partial charge in [-0.1, -0.05) is 12.1 Å². The molecule has 1 saturated heterocycles. The van der Waals surface area contributed by atoms with E-state index in [0.717, 1.165) is 51.5 Å². The fourth-order valence-corrected chi connectivity index (χ4v) is 5.59. The summed E-state index contributed by atoms with van der Waals surface area (Å²) in [6, 6.07) is 9.88. The van der Waals surface area contributed by atoms with E-state index >= 15 is 0 Å². The first-order valence-electron chi connectivity index (χ1n) is 14.1. The van der Waals surface area contributed by atoms with Gasteiger partial charge in [-0.25, -0.2) is 0 Å². The topological polar surface area (TPSA) is 150 Å². The number of aryl methyl sites for hydroxylation is 1. The number of likely N-dealkylation sites (tertiary alicyclic amines) is 1. The summed E-state index contributed by atoms with van der Waals surface area (Å²) >= 11 is 0. The first kappa shape index (κ1) is 29.5. The fourth-order valence-electron chi connectivity index (χ4n) is 5.59. The van der Waals surface area contributed by atoms with Crippen molar-refractivity contribution >= 4 is 45.5 Å². The van der Waals surface area contributed by atoms with Gasteiger partial charge in [-0.3, -0.25) is 28.5 Å².